The van der Waals surface area contributed by atoms with Gasteiger partial charge in [-0.25, -0.2) is 13.9 Å². The van der Waals surface area contributed by atoms with Gasteiger partial charge in [-0.05, 0) is 37.6 Å². The molecule has 1 N–H and O–H groups in total. The highest BCUT2D eigenvalue weighted by Crippen LogP contribution is 2.15. The van der Waals surface area contributed by atoms with Gasteiger partial charge >= 0.3 is 5.97 Å². The molecule has 0 radical (unpaired) electrons. The summed E-state index contributed by atoms with van der Waals surface area (Å²) in [5.41, 5.74) is 0.348. The van der Waals surface area contributed by atoms with Crippen LogP contribution in [0.5, 0.6) is 0 Å². The highest BCUT2D eigenvalue weighted by atomic mass is 19.1. The van der Waals surface area contributed by atoms with E-state index in [1.165, 1.54) is 12.1 Å². The largest absolute Gasteiger partial charge is 0.451 e. The Labute approximate surface area is 159 Å². The fraction of sp³-hybridized carbons (Fsp3) is 0.200. The number of ether oxygens (including phenoxy) is 1. The normalized spacial score (nSPS) is 10.7. The lowest BCUT2D eigenvalue weighted by molar-refractivity contribution is -0.119. The summed E-state index contributed by atoms with van der Waals surface area (Å²) in [6, 6.07) is 10.8. The van der Waals surface area contributed by atoms with E-state index >= 15 is 0 Å². The number of hydrogen-bond acceptors (Lipinski definition) is 5. The fourth-order valence-corrected chi connectivity index (χ4v) is 2.67. The van der Waals surface area contributed by atoms with Gasteiger partial charge in [-0.15, -0.1) is 0 Å². The maximum Gasteiger partial charge on any atom is 0.359 e. The molecule has 1 heterocycles. The number of nitrogens with one attached hydrogen (secondary N) is 1. The zero-order valence-corrected chi connectivity index (χ0v) is 15.4. The first kappa shape index (κ1) is 19.2. The van der Waals surface area contributed by atoms with Gasteiger partial charge in [-0.2, -0.15) is 5.10 Å². The van der Waals surface area contributed by atoms with Gasteiger partial charge in [0.05, 0.1) is 5.39 Å². The van der Waals surface area contributed by atoms with Crippen LogP contribution in [-0.4, -0.2) is 28.3 Å². The van der Waals surface area contributed by atoms with Crippen molar-refractivity contribution in [1.82, 2.24) is 9.78 Å². The summed E-state index contributed by atoms with van der Waals surface area (Å²) < 4.78 is 19.7. The molecule has 0 aliphatic rings. The number of hydrogen-bond donors (Lipinski definition) is 1. The average molecular weight is 383 g/mol. The highest BCUT2D eigenvalue weighted by Gasteiger charge is 2.18. The van der Waals surface area contributed by atoms with E-state index in [0.29, 0.717) is 16.3 Å². The minimum Gasteiger partial charge on any atom is -0.451 e. The van der Waals surface area contributed by atoms with Crippen molar-refractivity contribution in [2.75, 3.05) is 11.9 Å². The van der Waals surface area contributed by atoms with Crippen LogP contribution in [-0.2, 0) is 16.1 Å². The van der Waals surface area contributed by atoms with Crippen LogP contribution in [0, 0.1) is 12.7 Å². The molecule has 0 atom stereocenters. The first-order chi connectivity index (χ1) is 13.4. The SMILES string of the molecule is CCn1nc(C(=O)OCC(=O)Nc2ccc(C)c(F)c2)c2ccccc2c1=O. The topological polar surface area (TPSA) is 90.3 Å². The van der Waals surface area contributed by atoms with Crippen molar-refractivity contribution in [2.24, 2.45) is 0 Å². The minimum absolute atomic E-state index is 0.0498. The first-order valence-electron chi connectivity index (χ1n) is 8.63. The van der Waals surface area contributed by atoms with Gasteiger partial charge in [0.25, 0.3) is 11.5 Å². The molecule has 0 saturated carbocycles. The predicted molar refractivity (Wildman–Crippen MR) is 102 cm³/mol. The van der Waals surface area contributed by atoms with Gasteiger partial charge in [-0.1, -0.05) is 24.3 Å². The Kier molecular flexibility index (Phi) is 5.49. The molecule has 28 heavy (non-hydrogen) atoms. The second-order valence-corrected chi connectivity index (χ2v) is 6.10. The molecule has 7 nitrogen and oxygen atoms in total. The smallest absolute Gasteiger partial charge is 0.359 e. The maximum absolute atomic E-state index is 13.5. The first-order valence-corrected chi connectivity index (χ1v) is 8.63. The third kappa shape index (κ3) is 3.90. The van der Waals surface area contributed by atoms with Crippen LogP contribution in [0.1, 0.15) is 23.0 Å². The lowest BCUT2D eigenvalue weighted by Crippen LogP contribution is -2.27. The molecule has 0 fully saturated rings. The van der Waals surface area contributed by atoms with Crippen LogP contribution in [0.2, 0.25) is 0 Å². The summed E-state index contributed by atoms with van der Waals surface area (Å²) in [5.74, 6) is -1.90. The fourth-order valence-electron chi connectivity index (χ4n) is 2.67. The molecule has 0 aliphatic carbocycles. The lowest BCUT2D eigenvalue weighted by atomic mass is 10.1. The van der Waals surface area contributed by atoms with Crippen molar-refractivity contribution >= 4 is 28.3 Å². The number of carbonyl (C=O) groups excluding carboxylic acids is 2. The molecular weight excluding hydrogens is 365 g/mol. The quantitative estimate of drug-likeness (QED) is 0.684. The van der Waals surface area contributed by atoms with Crippen molar-refractivity contribution in [3.8, 4) is 0 Å². The van der Waals surface area contributed by atoms with Crippen LogP contribution >= 0.6 is 0 Å². The number of aromatic nitrogens is 2. The molecule has 3 rings (SSSR count). The zero-order chi connectivity index (χ0) is 20.3. The number of aryl methyl sites for hydroxylation is 2. The Morgan fingerprint density at radius 2 is 1.89 bits per heavy atom. The molecule has 0 aliphatic heterocycles. The van der Waals surface area contributed by atoms with Gasteiger partial charge in [0.2, 0.25) is 0 Å². The van der Waals surface area contributed by atoms with E-state index in [9.17, 15) is 18.8 Å². The van der Waals surface area contributed by atoms with Crippen LogP contribution in [0.25, 0.3) is 10.8 Å². The summed E-state index contributed by atoms with van der Waals surface area (Å²) in [6.45, 7) is 3.04. The van der Waals surface area contributed by atoms with Gasteiger partial charge < -0.3 is 10.1 Å². The number of carbonyl (C=O) groups is 2. The minimum atomic E-state index is -0.830. The van der Waals surface area contributed by atoms with E-state index in [0.717, 1.165) is 4.68 Å². The van der Waals surface area contributed by atoms with Crippen LogP contribution in [0.3, 0.4) is 0 Å². The van der Waals surface area contributed by atoms with Gasteiger partial charge in [0, 0.05) is 17.6 Å². The standard InChI is InChI=1S/C20H18FN3O4/c1-3-24-19(26)15-7-5-4-6-14(15)18(23-24)20(27)28-11-17(25)22-13-9-8-12(2)16(21)10-13/h4-10H,3,11H2,1-2H3,(H,22,25). The predicted octanol–water partition coefficient (Wildman–Crippen LogP) is 2.66. The molecule has 8 heteroatoms. The molecule has 0 bridgehead atoms. The number of rotatable bonds is 5. The molecule has 1 amide bonds. The Morgan fingerprint density at radius 1 is 1.18 bits per heavy atom. The van der Waals surface area contributed by atoms with E-state index in [1.54, 1.807) is 44.2 Å². The number of amides is 1. The van der Waals surface area contributed by atoms with Gasteiger partial charge in [0.15, 0.2) is 12.3 Å². The van der Waals surface area contributed by atoms with Crippen molar-refractivity contribution in [1.29, 1.82) is 0 Å². The van der Waals surface area contributed by atoms with E-state index in [4.69, 9.17) is 4.74 Å². The lowest BCUT2D eigenvalue weighted by Gasteiger charge is -2.10. The van der Waals surface area contributed by atoms with Crippen molar-refractivity contribution in [2.45, 2.75) is 20.4 Å². The number of nitrogens with zero attached hydrogens (tertiary/aromatic N) is 2. The molecule has 0 unspecified atom stereocenters. The van der Waals surface area contributed by atoms with E-state index in [-0.39, 0.29) is 23.5 Å². The summed E-state index contributed by atoms with van der Waals surface area (Å²) >= 11 is 0. The number of halogens is 1. The van der Waals surface area contributed by atoms with E-state index < -0.39 is 24.3 Å². The highest BCUT2D eigenvalue weighted by molar-refractivity contribution is 6.03. The van der Waals surface area contributed by atoms with E-state index in [1.807, 2.05) is 0 Å². The van der Waals surface area contributed by atoms with E-state index in [2.05, 4.69) is 10.4 Å². The zero-order valence-electron chi connectivity index (χ0n) is 15.4. The number of esters is 1. The second-order valence-electron chi connectivity index (χ2n) is 6.10. The van der Waals surface area contributed by atoms with Crippen LogP contribution in [0.4, 0.5) is 10.1 Å². The third-order valence-corrected chi connectivity index (χ3v) is 4.15. The Balaban J connectivity index is 1.76. The molecule has 2 aromatic carbocycles. The van der Waals surface area contributed by atoms with Crippen molar-refractivity contribution < 1.29 is 18.7 Å². The van der Waals surface area contributed by atoms with Gasteiger partial charge in [-0.3, -0.25) is 9.59 Å². The van der Waals surface area contributed by atoms with Gasteiger partial charge in [0.1, 0.15) is 5.82 Å². The van der Waals surface area contributed by atoms with Crippen LogP contribution < -0.4 is 10.9 Å². The molecule has 0 spiro atoms. The molecule has 0 saturated heterocycles. The molecule has 3 aromatic rings. The van der Waals surface area contributed by atoms with Crippen molar-refractivity contribution in [3.63, 3.8) is 0 Å². The Morgan fingerprint density at radius 3 is 2.57 bits per heavy atom. The molecular formula is C20H18FN3O4. The Hall–Kier alpha value is -3.55. The summed E-state index contributed by atoms with van der Waals surface area (Å²) in [4.78, 5) is 36.8. The number of fused-ring (bicyclic) bond motifs is 1. The summed E-state index contributed by atoms with van der Waals surface area (Å²) in [6.07, 6.45) is 0. The summed E-state index contributed by atoms with van der Waals surface area (Å²) in [5, 5.41) is 7.19. The van der Waals surface area contributed by atoms with Crippen LogP contribution in [0.15, 0.2) is 47.3 Å². The third-order valence-electron chi connectivity index (χ3n) is 4.15. The number of benzene rings is 2. The number of anilines is 1. The molecule has 144 valence electrons. The monoisotopic (exact) mass is 383 g/mol. The van der Waals surface area contributed by atoms with Crippen molar-refractivity contribution in [3.05, 3.63) is 69.9 Å². The Bertz CT molecular complexity index is 1120. The molecule has 1 aromatic heterocycles. The maximum atomic E-state index is 13.5. The second kappa shape index (κ2) is 7.99. The average Bonchev–Trinajstić information content (AvgIpc) is 2.69. The summed E-state index contributed by atoms with van der Waals surface area (Å²) in [7, 11) is 0.